The van der Waals surface area contributed by atoms with Crippen molar-refractivity contribution < 1.29 is 9.90 Å². The predicted molar refractivity (Wildman–Crippen MR) is 70.0 cm³/mol. The van der Waals surface area contributed by atoms with Crippen molar-refractivity contribution in [3.8, 4) is 0 Å². The fourth-order valence-electron chi connectivity index (χ4n) is 1.41. The first-order valence-corrected chi connectivity index (χ1v) is 6.76. The van der Waals surface area contributed by atoms with Gasteiger partial charge in [0, 0.05) is 12.6 Å². The van der Waals surface area contributed by atoms with Crippen molar-refractivity contribution in [1.82, 2.24) is 4.90 Å². The molecular weight excluding hydrogens is 290 g/mol. The summed E-state index contributed by atoms with van der Waals surface area (Å²) >= 11 is 4.85. The molecule has 0 spiro atoms. The average molecular weight is 306 g/mol. The van der Waals surface area contributed by atoms with Crippen molar-refractivity contribution in [3.63, 3.8) is 0 Å². The molecule has 0 aliphatic carbocycles. The number of carbonyl (C=O) groups is 1. The van der Waals surface area contributed by atoms with Gasteiger partial charge in [-0.15, -0.1) is 11.3 Å². The predicted octanol–water partition coefficient (Wildman–Crippen LogP) is 2.66. The van der Waals surface area contributed by atoms with Gasteiger partial charge in [-0.25, -0.2) is 0 Å². The maximum absolute atomic E-state index is 12.1. The van der Waals surface area contributed by atoms with Gasteiger partial charge >= 0.3 is 0 Å². The lowest BCUT2D eigenvalue weighted by Gasteiger charge is -2.25. The number of hydrogen-bond acceptors (Lipinski definition) is 3. The largest absolute Gasteiger partial charge is 0.395 e. The molecule has 90 valence electrons. The minimum absolute atomic E-state index is 0.00452. The Labute approximate surface area is 108 Å². The minimum atomic E-state index is -0.0112. The molecule has 1 rings (SSSR count). The summed E-state index contributed by atoms with van der Waals surface area (Å²) in [4.78, 5) is 14.5. The molecule has 1 aromatic heterocycles. The SMILES string of the molecule is Cc1cc(C(=O)N(CCO)C(C)C)sc1Br. The number of thiophene rings is 1. The van der Waals surface area contributed by atoms with Crippen LogP contribution in [0.4, 0.5) is 0 Å². The van der Waals surface area contributed by atoms with E-state index in [0.29, 0.717) is 11.4 Å². The summed E-state index contributed by atoms with van der Waals surface area (Å²) < 4.78 is 0.989. The topological polar surface area (TPSA) is 40.5 Å². The number of nitrogens with zero attached hydrogens (tertiary/aromatic N) is 1. The summed E-state index contributed by atoms with van der Waals surface area (Å²) in [6.45, 7) is 6.23. The first kappa shape index (κ1) is 13.7. The number of carbonyl (C=O) groups excluding carboxylic acids is 1. The fraction of sp³-hybridized carbons (Fsp3) is 0.545. The second-order valence-electron chi connectivity index (χ2n) is 3.88. The maximum atomic E-state index is 12.1. The zero-order valence-corrected chi connectivity index (χ0v) is 12.1. The third-order valence-corrected chi connectivity index (χ3v) is 4.42. The van der Waals surface area contributed by atoms with Crippen LogP contribution >= 0.6 is 27.3 Å². The second-order valence-corrected chi connectivity index (χ2v) is 6.25. The number of halogens is 1. The van der Waals surface area contributed by atoms with Gasteiger partial charge in [-0.2, -0.15) is 0 Å². The van der Waals surface area contributed by atoms with Gasteiger partial charge in [0.15, 0.2) is 0 Å². The van der Waals surface area contributed by atoms with Crippen molar-refractivity contribution in [2.45, 2.75) is 26.8 Å². The van der Waals surface area contributed by atoms with Crippen molar-refractivity contribution in [3.05, 3.63) is 20.3 Å². The van der Waals surface area contributed by atoms with E-state index in [0.717, 1.165) is 9.35 Å². The molecule has 1 N–H and O–H groups in total. The molecule has 0 unspecified atom stereocenters. The molecule has 0 saturated carbocycles. The molecule has 1 heterocycles. The molecule has 1 amide bonds. The zero-order chi connectivity index (χ0) is 12.3. The van der Waals surface area contributed by atoms with Crippen molar-refractivity contribution >= 4 is 33.2 Å². The fourth-order valence-corrected chi connectivity index (χ4v) is 2.90. The molecule has 0 saturated heterocycles. The number of aryl methyl sites for hydroxylation is 1. The van der Waals surface area contributed by atoms with E-state index in [4.69, 9.17) is 5.11 Å². The lowest BCUT2D eigenvalue weighted by molar-refractivity contribution is 0.0670. The highest BCUT2D eigenvalue weighted by Gasteiger charge is 2.20. The number of amides is 1. The van der Waals surface area contributed by atoms with Gasteiger partial charge in [0.25, 0.3) is 5.91 Å². The highest BCUT2D eigenvalue weighted by Crippen LogP contribution is 2.28. The molecule has 0 atom stereocenters. The second kappa shape index (κ2) is 5.80. The first-order chi connectivity index (χ1) is 7.47. The monoisotopic (exact) mass is 305 g/mol. The highest BCUT2D eigenvalue weighted by molar-refractivity contribution is 9.11. The molecule has 1 aromatic rings. The van der Waals surface area contributed by atoms with Crippen LogP contribution in [0.25, 0.3) is 0 Å². The van der Waals surface area contributed by atoms with E-state index < -0.39 is 0 Å². The van der Waals surface area contributed by atoms with E-state index in [2.05, 4.69) is 15.9 Å². The Morgan fingerprint density at radius 3 is 2.62 bits per heavy atom. The van der Waals surface area contributed by atoms with E-state index in [1.165, 1.54) is 11.3 Å². The normalized spacial score (nSPS) is 10.9. The Morgan fingerprint density at radius 2 is 2.25 bits per heavy atom. The van der Waals surface area contributed by atoms with Crippen LogP contribution in [0.3, 0.4) is 0 Å². The number of aliphatic hydroxyl groups excluding tert-OH is 1. The third kappa shape index (κ3) is 3.06. The zero-order valence-electron chi connectivity index (χ0n) is 9.66. The Kier molecular flexibility index (Phi) is 4.95. The Hall–Kier alpha value is -0.390. The summed E-state index contributed by atoms with van der Waals surface area (Å²) in [7, 11) is 0. The highest BCUT2D eigenvalue weighted by atomic mass is 79.9. The quantitative estimate of drug-likeness (QED) is 0.929. The molecule has 0 bridgehead atoms. The summed E-state index contributed by atoms with van der Waals surface area (Å²) in [5, 5.41) is 8.94. The molecule has 5 heteroatoms. The van der Waals surface area contributed by atoms with Crippen molar-refractivity contribution in [2.24, 2.45) is 0 Å². The summed E-state index contributed by atoms with van der Waals surface area (Å²) in [6, 6.07) is 1.98. The van der Waals surface area contributed by atoms with E-state index in [1.807, 2.05) is 26.8 Å². The molecule has 0 aromatic carbocycles. The van der Waals surface area contributed by atoms with Gasteiger partial charge in [-0.3, -0.25) is 4.79 Å². The average Bonchev–Trinajstić information content (AvgIpc) is 2.54. The van der Waals surface area contributed by atoms with Gasteiger partial charge in [0.2, 0.25) is 0 Å². The van der Waals surface area contributed by atoms with Gasteiger partial charge in [0.05, 0.1) is 15.3 Å². The molecule has 0 aliphatic rings. The van der Waals surface area contributed by atoms with Crippen molar-refractivity contribution in [2.75, 3.05) is 13.2 Å². The van der Waals surface area contributed by atoms with Gasteiger partial charge < -0.3 is 10.0 Å². The lowest BCUT2D eigenvalue weighted by atomic mass is 10.2. The lowest BCUT2D eigenvalue weighted by Crippen LogP contribution is -2.38. The van der Waals surface area contributed by atoms with Gasteiger partial charge in [-0.1, -0.05) is 0 Å². The molecule has 0 radical (unpaired) electrons. The van der Waals surface area contributed by atoms with Crippen LogP contribution in [0.2, 0.25) is 0 Å². The summed E-state index contributed by atoms with van der Waals surface area (Å²) in [5.74, 6) is -0.0112. The van der Waals surface area contributed by atoms with E-state index >= 15 is 0 Å². The van der Waals surface area contributed by atoms with E-state index in [9.17, 15) is 4.79 Å². The van der Waals surface area contributed by atoms with Gasteiger partial charge in [-0.05, 0) is 48.3 Å². The Bertz CT molecular complexity index is 357. The standard InChI is InChI=1S/C11H16BrNO2S/c1-7(2)13(4-5-14)11(15)9-6-8(3)10(12)16-9/h6-7,14H,4-5H2,1-3H3. The van der Waals surface area contributed by atoms with Crippen molar-refractivity contribution in [1.29, 1.82) is 0 Å². The molecule has 0 fully saturated rings. The van der Waals surface area contributed by atoms with Crippen LogP contribution in [0.15, 0.2) is 9.85 Å². The van der Waals surface area contributed by atoms with Crippen LogP contribution in [0.5, 0.6) is 0 Å². The molecule has 16 heavy (non-hydrogen) atoms. The minimum Gasteiger partial charge on any atom is -0.395 e. The number of hydrogen-bond donors (Lipinski definition) is 1. The van der Waals surface area contributed by atoms with Crippen LogP contribution in [0, 0.1) is 6.92 Å². The first-order valence-electron chi connectivity index (χ1n) is 5.15. The van der Waals surface area contributed by atoms with Crippen LogP contribution in [-0.2, 0) is 0 Å². The molecular formula is C11H16BrNO2S. The van der Waals surface area contributed by atoms with Gasteiger partial charge in [0.1, 0.15) is 0 Å². The van der Waals surface area contributed by atoms with Crippen LogP contribution < -0.4 is 0 Å². The maximum Gasteiger partial charge on any atom is 0.264 e. The summed E-state index contributed by atoms with van der Waals surface area (Å²) in [5.41, 5.74) is 1.07. The number of rotatable bonds is 4. The van der Waals surface area contributed by atoms with E-state index in [-0.39, 0.29) is 18.6 Å². The van der Waals surface area contributed by atoms with Crippen LogP contribution in [-0.4, -0.2) is 35.1 Å². The van der Waals surface area contributed by atoms with Crippen LogP contribution in [0.1, 0.15) is 29.1 Å². The summed E-state index contributed by atoms with van der Waals surface area (Å²) in [6.07, 6.45) is 0. The van der Waals surface area contributed by atoms with E-state index in [1.54, 1.807) is 4.90 Å². The molecule has 3 nitrogen and oxygen atoms in total. The Balaban J connectivity index is 2.90. The smallest absolute Gasteiger partial charge is 0.264 e. The molecule has 0 aliphatic heterocycles. The number of aliphatic hydroxyl groups is 1. The third-order valence-electron chi connectivity index (χ3n) is 2.29. The Morgan fingerprint density at radius 1 is 1.62 bits per heavy atom.